The molecule has 0 amide bonds. The third kappa shape index (κ3) is 2.87. The molecule has 1 saturated heterocycles. The maximum atomic E-state index is 13.8. The Labute approximate surface area is 209 Å². The van der Waals surface area contributed by atoms with Gasteiger partial charge in [-0.1, -0.05) is 66.7 Å². The van der Waals surface area contributed by atoms with Gasteiger partial charge in [0.2, 0.25) is 0 Å². The molecular formula is C31H26BNO3. The Morgan fingerprint density at radius 2 is 1.33 bits per heavy atom. The normalized spacial score (nSPS) is 17.2. The molecule has 36 heavy (non-hydrogen) atoms. The Morgan fingerprint density at radius 3 is 2.06 bits per heavy atom. The summed E-state index contributed by atoms with van der Waals surface area (Å²) < 4.78 is 14.5. The number of para-hydroxylation sites is 1. The van der Waals surface area contributed by atoms with Crippen LogP contribution in [0.2, 0.25) is 0 Å². The Balaban J connectivity index is 1.50. The molecule has 4 nitrogen and oxygen atoms in total. The van der Waals surface area contributed by atoms with Crippen molar-refractivity contribution in [2.75, 3.05) is 0 Å². The molecule has 0 unspecified atom stereocenters. The number of hydrogen-bond acceptors (Lipinski definition) is 3. The fourth-order valence-electron chi connectivity index (χ4n) is 5.52. The summed E-state index contributed by atoms with van der Waals surface area (Å²) in [4.78, 5) is 13.8. The van der Waals surface area contributed by atoms with E-state index in [4.69, 9.17) is 9.31 Å². The molecule has 0 saturated carbocycles. The number of nitrogens with zero attached hydrogens (tertiary/aromatic N) is 1. The first-order chi connectivity index (χ1) is 17.2. The minimum Gasteiger partial charge on any atom is -0.399 e. The second-order valence-corrected chi connectivity index (χ2v) is 10.8. The van der Waals surface area contributed by atoms with Gasteiger partial charge >= 0.3 is 7.12 Å². The molecule has 0 radical (unpaired) electrons. The molecule has 0 spiro atoms. The van der Waals surface area contributed by atoms with Crippen molar-refractivity contribution in [2.24, 2.45) is 0 Å². The summed E-state index contributed by atoms with van der Waals surface area (Å²) in [5.41, 5.74) is 4.25. The monoisotopic (exact) mass is 471 g/mol. The number of pyridine rings is 1. The summed E-state index contributed by atoms with van der Waals surface area (Å²) in [6, 6.07) is 28.9. The van der Waals surface area contributed by atoms with Crippen molar-refractivity contribution >= 4 is 50.5 Å². The van der Waals surface area contributed by atoms with Crippen LogP contribution in [0.5, 0.6) is 0 Å². The van der Waals surface area contributed by atoms with Gasteiger partial charge in [0, 0.05) is 21.5 Å². The van der Waals surface area contributed by atoms with Gasteiger partial charge in [0.25, 0.3) is 5.56 Å². The molecule has 0 N–H and O–H groups in total. The van der Waals surface area contributed by atoms with Crippen molar-refractivity contribution in [3.8, 4) is 11.1 Å². The topological polar surface area (TPSA) is 39.9 Å². The van der Waals surface area contributed by atoms with Crippen LogP contribution in [0, 0.1) is 0 Å². The zero-order chi connectivity index (χ0) is 24.8. The number of aromatic nitrogens is 1. The van der Waals surface area contributed by atoms with Gasteiger partial charge in [-0.25, -0.2) is 0 Å². The predicted octanol–water partition coefficient (Wildman–Crippen LogP) is 6.16. The Bertz CT molecular complexity index is 1850. The van der Waals surface area contributed by atoms with E-state index in [1.54, 1.807) is 0 Å². The van der Waals surface area contributed by atoms with Crippen molar-refractivity contribution in [3.63, 3.8) is 0 Å². The maximum Gasteiger partial charge on any atom is 0.494 e. The largest absolute Gasteiger partial charge is 0.494 e. The molecule has 1 aliphatic heterocycles. The van der Waals surface area contributed by atoms with Gasteiger partial charge in [-0.3, -0.25) is 9.20 Å². The molecule has 0 atom stereocenters. The van der Waals surface area contributed by atoms with Gasteiger partial charge < -0.3 is 9.31 Å². The second-order valence-electron chi connectivity index (χ2n) is 10.8. The van der Waals surface area contributed by atoms with Crippen molar-refractivity contribution in [2.45, 2.75) is 38.9 Å². The van der Waals surface area contributed by atoms with E-state index < -0.39 is 18.3 Å². The molecule has 3 heterocycles. The second kappa shape index (κ2) is 7.19. The van der Waals surface area contributed by atoms with Gasteiger partial charge in [0.15, 0.2) is 0 Å². The van der Waals surface area contributed by atoms with E-state index >= 15 is 0 Å². The van der Waals surface area contributed by atoms with Crippen LogP contribution in [0.1, 0.15) is 27.7 Å². The fraction of sp³-hybridized carbons (Fsp3) is 0.194. The molecule has 2 aromatic heterocycles. The first-order valence-corrected chi connectivity index (χ1v) is 12.4. The smallest absolute Gasteiger partial charge is 0.399 e. The molecule has 7 rings (SSSR count). The van der Waals surface area contributed by atoms with Crippen molar-refractivity contribution in [3.05, 3.63) is 95.3 Å². The van der Waals surface area contributed by atoms with Gasteiger partial charge in [-0.15, -0.1) is 0 Å². The lowest BCUT2D eigenvalue weighted by atomic mass is 9.78. The van der Waals surface area contributed by atoms with Crippen LogP contribution in [-0.4, -0.2) is 22.7 Å². The van der Waals surface area contributed by atoms with Crippen molar-refractivity contribution in [1.82, 2.24) is 4.40 Å². The highest BCUT2D eigenvalue weighted by atomic mass is 16.7. The molecule has 1 aliphatic rings. The van der Waals surface area contributed by atoms with Crippen LogP contribution >= 0.6 is 0 Å². The summed E-state index contributed by atoms with van der Waals surface area (Å²) >= 11 is 0. The first-order valence-electron chi connectivity index (χ1n) is 12.4. The Kier molecular flexibility index (Phi) is 4.31. The summed E-state index contributed by atoms with van der Waals surface area (Å²) in [7, 11) is -0.451. The van der Waals surface area contributed by atoms with E-state index in [1.807, 2.05) is 46.9 Å². The van der Waals surface area contributed by atoms with Crippen molar-refractivity contribution in [1.29, 1.82) is 0 Å². The quantitative estimate of drug-likeness (QED) is 0.224. The molecule has 0 bridgehead atoms. The minimum absolute atomic E-state index is 0.00620. The third-order valence-electron chi connectivity index (χ3n) is 8.19. The average Bonchev–Trinajstić information content (AvgIpc) is 3.32. The minimum atomic E-state index is -0.451. The lowest BCUT2D eigenvalue weighted by molar-refractivity contribution is 0.00578. The number of hydrogen-bond donors (Lipinski definition) is 0. The van der Waals surface area contributed by atoms with E-state index in [9.17, 15) is 4.79 Å². The van der Waals surface area contributed by atoms with Crippen LogP contribution < -0.4 is 11.0 Å². The standard InChI is InChI=1S/C31H26BNO3/c1-30(2)31(3,4)36-32(35-30)21-14-16-27-26(18-21)23-12-8-11-22-25-17-20(19-9-6-5-7-10-19)13-15-24(25)29(34)33(27)28(22)23/h5-18H,1-4H3. The highest BCUT2D eigenvalue weighted by Gasteiger charge is 2.51. The molecular weight excluding hydrogens is 445 g/mol. The summed E-state index contributed by atoms with van der Waals surface area (Å²) in [6.45, 7) is 8.25. The highest BCUT2D eigenvalue weighted by Crippen LogP contribution is 2.38. The predicted molar refractivity (Wildman–Crippen MR) is 149 cm³/mol. The lowest BCUT2D eigenvalue weighted by Gasteiger charge is -2.32. The first kappa shape index (κ1) is 21.6. The summed E-state index contributed by atoms with van der Waals surface area (Å²) in [6.07, 6.45) is 0. The van der Waals surface area contributed by atoms with Crippen LogP contribution in [0.25, 0.3) is 49.1 Å². The molecule has 176 valence electrons. The zero-order valence-electron chi connectivity index (χ0n) is 20.8. The van der Waals surface area contributed by atoms with E-state index in [1.165, 1.54) is 0 Å². The van der Waals surface area contributed by atoms with E-state index in [-0.39, 0.29) is 5.56 Å². The summed E-state index contributed by atoms with van der Waals surface area (Å²) in [5, 5.41) is 4.87. The number of rotatable bonds is 2. The van der Waals surface area contributed by atoms with Gasteiger partial charge in [0.1, 0.15) is 0 Å². The van der Waals surface area contributed by atoms with Gasteiger partial charge in [-0.2, -0.15) is 0 Å². The molecule has 1 fully saturated rings. The Hall–Kier alpha value is -3.67. The molecule has 0 aliphatic carbocycles. The highest BCUT2D eigenvalue weighted by molar-refractivity contribution is 6.62. The SMILES string of the molecule is CC1(C)OB(c2ccc3c(c2)c2cccc4c5cc(-c6ccccc6)ccc5c(=O)n3c42)OC1(C)C. The number of benzene rings is 4. The van der Waals surface area contributed by atoms with E-state index in [0.29, 0.717) is 0 Å². The van der Waals surface area contributed by atoms with E-state index in [0.717, 1.165) is 54.6 Å². The van der Waals surface area contributed by atoms with Crippen molar-refractivity contribution < 1.29 is 9.31 Å². The van der Waals surface area contributed by atoms with E-state index in [2.05, 4.69) is 70.2 Å². The maximum absolute atomic E-state index is 13.8. The van der Waals surface area contributed by atoms with Crippen LogP contribution in [-0.2, 0) is 9.31 Å². The molecule has 6 aromatic rings. The van der Waals surface area contributed by atoms with Crippen LogP contribution in [0.4, 0.5) is 0 Å². The van der Waals surface area contributed by atoms with Crippen LogP contribution in [0.15, 0.2) is 89.7 Å². The summed E-state index contributed by atoms with van der Waals surface area (Å²) in [5.74, 6) is 0. The van der Waals surface area contributed by atoms with Gasteiger partial charge in [-0.05, 0) is 67.9 Å². The van der Waals surface area contributed by atoms with Crippen LogP contribution in [0.3, 0.4) is 0 Å². The van der Waals surface area contributed by atoms with Gasteiger partial charge in [0.05, 0.1) is 22.2 Å². The third-order valence-corrected chi connectivity index (χ3v) is 8.19. The number of fused-ring (bicyclic) bond motifs is 5. The average molecular weight is 471 g/mol. The molecule has 4 aromatic carbocycles. The fourth-order valence-corrected chi connectivity index (χ4v) is 5.52. The molecule has 5 heteroatoms. The lowest BCUT2D eigenvalue weighted by Crippen LogP contribution is -2.41. The zero-order valence-corrected chi connectivity index (χ0v) is 20.8. The Morgan fingerprint density at radius 1 is 0.639 bits per heavy atom.